The van der Waals surface area contributed by atoms with Crippen LogP contribution in [-0.4, -0.2) is 6.61 Å². The molecule has 0 amide bonds. The van der Waals surface area contributed by atoms with E-state index in [1.165, 1.54) is 14.7 Å². The summed E-state index contributed by atoms with van der Waals surface area (Å²) in [5.41, 5.74) is 2.40. The molecule has 1 aromatic rings. The molecule has 0 aliphatic heterocycles. The molecule has 0 aliphatic carbocycles. The van der Waals surface area contributed by atoms with Crippen molar-refractivity contribution in [3.05, 3.63) is 45.6 Å². The van der Waals surface area contributed by atoms with Crippen molar-refractivity contribution >= 4 is 22.6 Å². The Morgan fingerprint density at radius 2 is 2.00 bits per heavy atom. The Morgan fingerprint density at radius 3 is 2.57 bits per heavy atom. The maximum atomic E-state index is 5.51. The molecule has 1 aromatic carbocycles. The average Bonchev–Trinajstić information content (AvgIpc) is 2.15. The maximum Gasteiger partial charge on any atom is 0.0717 e. The number of ether oxygens (including phenoxy) is 1. The monoisotopic (exact) mass is 302 g/mol. The predicted molar refractivity (Wildman–Crippen MR) is 68.2 cm³/mol. The van der Waals surface area contributed by atoms with Crippen molar-refractivity contribution in [2.24, 2.45) is 0 Å². The molecule has 0 fully saturated rings. The van der Waals surface area contributed by atoms with E-state index in [-0.39, 0.29) is 0 Å². The first-order chi connectivity index (χ1) is 6.68. The second-order valence-electron chi connectivity index (χ2n) is 3.39. The van der Waals surface area contributed by atoms with Crippen molar-refractivity contribution in [3.63, 3.8) is 0 Å². The van der Waals surface area contributed by atoms with Gasteiger partial charge in [0.2, 0.25) is 0 Å². The predicted octanol–water partition coefficient (Wildman–Crippen LogP) is 3.77. The summed E-state index contributed by atoms with van der Waals surface area (Å²) in [4.78, 5) is 0. The summed E-state index contributed by atoms with van der Waals surface area (Å²) in [6, 6.07) is 8.39. The minimum absolute atomic E-state index is 0.699. The SMILES string of the molecule is C=C(C)CCOCc1ccc(I)cc1. The highest BCUT2D eigenvalue weighted by Crippen LogP contribution is 2.08. The lowest BCUT2D eigenvalue weighted by molar-refractivity contribution is 0.124. The van der Waals surface area contributed by atoms with Crippen LogP contribution in [0.2, 0.25) is 0 Å². The van der Waals surface area contributed by atoms with Crippen LogP contribution in [0.4, 0.5) is 0 Å². The normalized spacial score (nSPS) is 10.1. The van der Waals surface area contributed by atoms with Gasteiger partial charge in [-0.15, -0.1) is 6.58 Å². The molecule has 0 saturated heterocycles. The highest BCUT2D eigenvalue weighted by molar-refractivity contribution is 14.1. The van der Waals surface area contributed by atoms with E-state index < -0.39 is 0 Å². The Kier molecular flexibility index (Phi) is 5.19. The molecule has 0 saturated carbocycles. The number of hydrogen-bond acceptors (Lipinski definition) is 1. The van der Waals surface area contributed by atoms with E-state index in [2.05, 4.69) is 53.4 Å². The van der Waals surface area contributed by atoms with E-state index >= 15 is 0 Å². The standard InChI is InChI=1S/C12H15IO/c1-10(2)7-8-14-9-11-3-5-12(13)6-4-11/h3-6H,1,7-9H2,2H3. The van der Waals surface area contributed by atoms with Crippen molar-refractivity contribution in [2.45, 2.75) is 20.0 Å². The third-order valence-electron chi connectivity index (χ3n) is 1.86. The highest BCUT2D eigenvalue weighted by Gasteiger charge is 1.93. The van der Waals surface area contributed by atoms with Crippen molar-refractivity contribution in [1.29, 1.82) is 0 Å². The fourth-order valence-electron chi connectivity index (χ4n) is 1.02. The second-order valence-corrected chi connectivity index (χ2v) is 4.63. The average molecular weight is 302 g/mol. The number of hydrogen-bond donors (Lipinski definition) is 0. The Bertz CT molecular complexity index is 290. The molecule has 0 atom stereocenters. The topological polar surface area (TPSA) is 9.23 Å². The Morgan fingerprint density at radius 1 is 1.36 bits per heavy atom. The quantitative estimate of drug-likeness (QED) is 0.457. The summed E-state index contributed by atoms with van der Waals surface area (Å²) < 4.78 is 6.76. The summed E-state index contributed by atoms with van der Waals surface area (Å²) in [6.07, 6.45) is 0.949. The number of rotatable bonds is 5. The van der Waals surface area contributed by atoms with Gasteiger partial charge in [0.1, 0.15) is 0 Å². The lowest BCUT2D eigenvalue weighted by Crippen LogP contribution is -1.95. The fourth-order valence-corrected chi connectivity index (χ4v) is 1.38. The number of halogens is 1. The van der Waals surface area contributed by atoms with Gasteiger partial charge in [-0.2, -0.15) is 0 Å². The number of benzene rings is 1. The van der Waals surface area contributed by atoms with Gasteiger partial charge in [0.15, 0.2) is 0 Å². The zero-order chi connectivity index (χ0) is 10.4. The van der Waals surface area contributed by atoms with Crippen LogP contribution >= 0.6 is 22.6 Å². The van der Waals surface area contributed by atoms with Crippen LogP contribution in [0.5, 0.6) is 0 Å². The fraction of sp³-hybridized carbons (Fsp3) is 0.333. The molecule has 0 heterocycles. The molecule has 1 nitrogen and oxygen atoms in total. The van der Waals surface area contributed by atoms with Gasteiger partial charge in [-0.25, -0.2) is 0 Å². The van der Waals surface area contributed by atoms with Crippen molar-refractivity contribution in [2.75, 3.05) is 6.61 Å². The van der Waals surface area contributed by atoms with Crippen LogP contribution in [0.15, 0.2) is 36.4 Å². The van der Waals surface area contributed by atoms with Gasteiger partial charge in [0.05, 0.1) is 13.2 Å². The van der Waals surface area contributed by atoms with Crippen molar-refractivity contribution < 1.29 is 4.74 Å². The summed E-state index contributed by atoms with van der Waals surface area (Å²) in [6.45, 7) is 7.32. The van der Waals surface area contributed by atoms with E-state index in [1.54, 1.807) is 0 Å². The van der Waals surface area contributed by atoms with Gasteiger partial charge >= 0.3 is 0 Å². The van der Waals surface area contributed by atoms with Gasteiger partial charge in [0, 0.05) is 3.57 Å². The molecule has 2 heteroatoms. The van der Waals surface area contributed by atoms with Crippen LogP contribution in [0.25, 0.3) is 0 Å². The first-order valence-corrected chi connectivity index (χ1v) is 5.73. The van der Waals surface area contributed by atoms with Gasteiger partial charge in [-0.1, -0.05) is 17.7 Å². The molecule has 0 unspecified atom stereocenters. The summed E-state index contributed by atoms with van der Waals surface area (Å²) in [7, 11) is 0. The molecule has 0 spiro atoms. The Hall–Kier alpha value is -0.350. The Balaban J connectivity index is 2.25. The Labute approximate surface area is 99.3 Å². The minimum atomic E-state index is 0.699. The smallest absolute Gasteiger partial charge is 0.0717 e. The van der Waals surface area contributed by atoms with E-state index in [0.29, 0.717) is 6.61 Å². The summed E-state index contributed by atoms with van der Waals surface area (Å²) in [5.74, 6) is 0. The van der Waals surface area contributed by atoms with Crippen LogP contribution < -0.4 is 0 Å². The lowest BCUT2D eigenvalue weighted by Gasteiger charge is -2.04. The van der Waals surface area contributed by atoms with Crippen LogP contribution in [0, 0.1) is 3.57 Å². The molecule has 14 heavy (non-hydrogen) atoms. The first kappa shape index (κ1) is 11.7. The van der Waals surface area contributed by atoms with Gasteiger partial charge in [-0.05, 0) is 53.6 Å². The molecule has 0 aromatic heterocycles. The van der Waals surface area contributed by atoms with E-state index in [9.17, 15) is 0 Å². The van der Waals surface area contributed by atoms with Crippen LogP contribution in [-0.2, 0) is 11.3 Å². The second kappa shape index (κ2) is 6.19. The van der Waals surface area contributed by atoms with Crippen LogP contribution in [0.3, 0.4) is 0 Å². The molecular weight excluding hydrogens is 287 g/mol. The first-order valence-electron chi connectivity index (χ1n) is 4.65. The zero-order valence-electron chi connectivity index (χ0n) is 8.42. The highest BCUT2D eigenvalue weighted by atomic mass is 127. The summed E-state index contributed by atoms with van der Waals surface area (Å²) in [5, 5.41) is 0. The molecular formula is C12H15IO. The molecule has 0 radical (unpaired) electrons. The zero-order valence-corrected chi connectivity index (χ0v) is 10.6. The van der Waals surface area contributed by atoms with Crippen molar-refractivity contribution in [3.8, 4) is 0 Å². The molecule has 0 aliphatic rings. The van der Waals surface area contributed by atoms with Crippen LogP contribution in [0.1, 0.15) is 18.9 Å². The molecule has 0 N–H and O–H groups in total. The largest absolute Gasteiger partial charge is 0.376 e. The third kappa shape index (κ3) is 4.77. The molecule has 76 valence electrons. The molecule has 1 rings (SSSR count). The maximum absolute atomic E-state index is 5.51. The van der Waals surface area contributed by atoms with Gasteiger partial charge in [0.25, 0.3) is 0 Å². The van der Waals surface area contributed by atoms with Gasteiger partial charge in [-0.3, -0.25) is 0 Å². The molecule has 0 bridgehead atoms. The van der Waals surface area contributed by atoms with E-state index in [4.69, 9.17) is 4.74 Å². The third-order valence-corrected chi connectivity index (χ3v) is 2.57. The van der Waals surface area contributed by atoms with Crippen molar-refractivity contribution in [1.82, 2.24) is 0 Å². The van der Waals surface area contributed by atoms with E-state index in [0.717, 1.165) is 13.0 Å². The van der Waals surface area contributed by atoms with Gasteiger partial charge < -0.3 is 4.74 Å². The lowest BCUT2D eigenvalue weighted by atomic mass is 10.2. The minimum Gasteiger partial charge on any atom is -0.376 e. The van der Waals surface area contributed by atoms with E-state index in [1.807, 2.05) is 6.92 Å². The summed E-state index contributed by atoms with van der Waals surface area (Å²) >= 11 is 2.30.